The summed E-state index contributed by atoms with van der Waals surface area (Å²) >= 11 is 0. The summed E-state index contributed by atoms with van der Waals surface area (Å²) in [4.78, 5) is 19.6. The van der Waals surface area contributed by atoms with Crippen molar-refractivity contribution in [3.05, 3.63) is 35.4 Å². The molecule has 0 unspecified atom stereocenters. The van der Waals surface area contributed by atoms with Crippen LogP contribution in [0.5, 0.6) is 0 Å². The Morgan fingerprint density at radius 3 is 2.50 bits per heavy atom. The number of hydrogen-bond donors (Lipinski definition) is 0. The Bertz CT molecular complexity index is 468. The molecule has 0 aliphatic rings. The van der Waals surface area contributed by atoms with E-state index in [0.29, 0.717) is 12.3 Å². The zero-order valence-electron chi connectivity index (χ0n) is 12.3. The van der Waals surface area contributed by atoms with E-state index in [4.69, 9.17) is 14.6 Å². The van der Waals surface area contributed by atoms with Gasteiger partial charge in [0, 0.05) is 11.1 Å². The Kier molecular flexibility index (Phi) is 7.31. The van der Waals surface area contributed by atoms with Gasteiger partial charge in [0.15, 0.2) is 0 Å². The second-order valence-corrected chi connectivity index (χ2v) is 4.12. The normalized spacial score (nSPS) is 11.1. The third-order valence-electron chi connectivity index (χ3n) is 2.31. The van der Waals surface area contributed by atoms with Crippen LogP contribution in [0.25, 0.3) is 0 Å². The largest absolute Gasteiger partial charge is 0.399 e. The average Bonchev–Trinajstić information content (AvgIpc) is 2.44. The van der Waals surface area contributed by atoms with Gasteiger partial charge in [-0.2, -0.15) is 0 Å². The lowest BCUT2D eigenvalue weighted by Crippen LogP contribution is -2.13. The molecule has 6 heteroatoms. The van der Waals surface area contributed by atoms with E-state index in [2.05, 4.69) is 15.2 Å². The van der Waals surface area contributed by atoms with Gasteiger partial charge in [0.05, 0.1) is 12.8 Å². The fourth-order valence-electron chi connectivity index (χ4n) is 1.54. The quantitative estimate of drug-likeness (QED) is 0.417. The maximum absolute atomic E-state index is 5.27. The summed E-state index contributed by atoms with van der Waals surface area (Å²) in [6, 6.07) is 7.68. The van der Waals surface area contributed by atoms with Gasteiger partial charge in [0.25, 0.3) is 0 Å². The lowest BCUT2D eigenvalue weighted by Gasteiger charge is -2.10. The Balaban J connectivity index is 2.91. The van der Waals surface area contributed by atoms with Crippen LogP contribution in [-0.2, 0) is 26.1 Å². The molecule has 1 rings (SSSR count). The molecule has 0 radical (unpaired) electrons. The highest BCUT2D eigenvalue weighted by Crippen LogP contribution is 2.13. The van der Waals surface area contributed by atoms with Crippen LogP contribution in [0.2, 0.25) is 0 Å². The minimum absolute atomic E-state index is 0.178. The number of nitrogens with zero attached hydrogens (tertiary/aromatic N) is 2. The first kappa shape index (κ1) is 16.1. The van der Waals surface area contributed by atoms with Gasteiger partial charge in [-0.15, -0.1) is 0 Å². The maximum atomic E-state index is 5.27. The Hall–Kier alpha value is -1.92. The molecule has 1 aromatic rings. The van der Waals surface area contributed by atoms with Gasteiger partial charge in [-0.1, -0.05) is 34.6 Å². The van der Waals surface area contributed by atoms with Crippen molar-refractivity contribution >= 4 is 11.4 Å². The Morgan fingerprint density at radius 1 is 1.10 bits per heavy atom. The van der Waals surface area contributed by atoms with Crippen LogP contribution in [0.1, 0.15) is 25.0 Å². The van der Waals surface area contributed by atoms with Crippen LogP contribution in [0.15, 0.2) is 34.6 Å². The summed E-state index contributed by atoms with van der Waals surface area (Å²) in [6.45, 7) is 4.26. The van der Waals surface area contributed by atoms with Gasteiger partial charge in [-0.3, -0.25) is 0 Å². The molecular weight excluding hydrogens is 260 g/mol. The molecule has 0 amide bonds. The minimum Gasteiger partial charge on any atom is -0.399 e. The standard InChI is InChI=1S/C14H20N2O4/c1-11(2)15-19-9-12-7-5-6-8-13(12)14(16-17-3)10-20-18-4/h5-8H,9-10H2,1-4H3/b16-14+. The smallest absolute Gasteiger partial charge is 0.142 e. The molecule has 0 atom stereocenters. The molecule has 0 saturated heterocycles. The van der Waals surface area contributed by atoms with E-state index in [-0.39, 0.29) is 6.61 Å². The molecule has 0 N–H and O–H groups in total. The van der Waals surface area contributed by atoms with Gasteiger partial charge < -0.3 is 9.68 Å². The SMILES string of the molecule is CO/N=C(\COOC)c1ccccc1CON=C(C)C. The van der Waals surface area contributed by atoms with Crippen molar-refractivity contribution in [3.63, 3.8) is 0 Å². The lowest BCUT2D eigenvalue weighted by atomic mass is 10.0. The highest BCUT2D eigenvalue weighted by Gasteiger charge is 2.11. The number of rotatable bonds is 8. The zero-order valence-corrected chi connectivity index (χ0v) is 12.3. The topological polar surface area (TPSA) is 61.6 Å². The van der Waals surface area contributed by atoms with Gasteiger partial charge in [0.1, 0.15) is 26.0 Å². The van der Waals surface area contributed by atoms with Crippen molar-refractivity contribution < 1.29 is 19.5 Å². The van der Waals surface area contributed by atoms with Gasteiger partial charge in [0.2, 0.25) is 0 Å². The first-order valence-electron chi connectivity index (χ1n) is 6.16. The summed E-state index contributed by atoms with van der Waals surface area (Å²) in [5.74, 6) is 0. The average molecular weight is 280 g/mol. The van der Waals surface area contributed by atoms with Crippen LogP contribution in [0.3, 0.4) is 0 Å². The van der Waals surface area contributed by atoms with Gasteiger partial charge in [-0.25, -0.2) is 9.78 Å². The summed E-state index contributed by atoms with van der Waals surface area (Å²) in [6.07, 6.45) is 0. The molecule has 110 valence electrons. The third-order valence-corrected chi connectivity index (χ3v) is 2.31. The first-order chi connectivity index (χ1) is 9.69. The molecule has 1 aromatic carbocycles. The van der Waals surface area contributed by atoms with E-state index in [9.17, 15) is 0 Å². The Morgan fingerprint density at radius 2 is 1.85 bits per heavy atom. The predicted molar refractivity (Wildman–Crippen MR) is 76.5 cm³/mol. The fourth-order valence-corrected chi connectivity index (χ4v) is 1.54. The van der Waals surface area contributed by atoms with Crippen molar-refractivity contribution in [1.29, 1.82) is 0 Å². The van der Waals surface area contributed by atoms with Crippen LogP contribution in [0.4, 0.5) is 0 Å². The third kappa shape index (κ3) is 5.38. The van der Waals surface area contributed by atoms with Crippen LogP contribution in [0, 0.1) is 0 Å². The van der Waals surface area contributed by atoms with Gasteiger partial charge in [-0.05, 0) is 13.8 Å². The van der Waals surface area contributed by atoms with E-state index >= 15 is 0 Å². The molecule has 0 fully saturated rings. The summed E-state index contributed by atoms with van der Waals surface area (Å²) in [5.41, 5.74) is 3.28. The second-order valence-electron chi connectivity index (χ2n) is 4.12. The summed E-state index contributed by atoms with van der Waals surface area (Å²) < 4.78 is 0. The van der Waals surface area contributed by atoms with E-state index in [1.165, 1.54) is 14.2 Å². The van der Waals surface area contributed by atoms with Crippen molar-refractivity contribution in [3.8, 4) is 0 Å². The molecular formula is C14H20N2O4. The first-order valence-corrected chi connectivity index (χ1v) is 6.16. The van der Waals surface area contributed by atoms with E-state index in [1.807, 2.05) is 38.1 Å². The van der Waals surface area contributed by atoms with E-state index in [0.717, 1.165) is 16.8 Å². The lowest BCUT2D eigenvalue weighted by molar-refractivity contribution is -0.259. The van der Waals surface area contributed by atoms with Crippen LogP contribution < -0.4 is 0 Å². The van der Waals surface area contributed by atoms with Crippen molar-refractivity contribution in [2.45, 2.75) is 20.5 Å². The number of oxime groups is 2. The predicted octanol–water partition coefficient (Wildman–Crippen LogP) is 2.53. The summed E-state index contributed by atoms with van der Waals surface area (Å²) in [7, 11) is 2.93. The molecule has 20 heavy (non-hydrogen) atoms. The number of benzene rings is 1. The fraction of sp³-hybridized carbons (Fsp3) is 0.429. The zero-order chi connectivity index (χ0) is 14.8. The Labute approximate surface area is 118 Å². The number of hydrogen-bond acceptors (Lipinski definition) is 6. The van der Waals surface area contributed by atoms with Crippen molar-refractivity contribution in [1.82, 2.24) is 0 Å². The molecule has 0 saturated carbocycles. The molecule has 0 spiro atoms. The molecule has 0 aliphatic carbocycles. The van der Waals surface area contributed by atoms with Crippen molar-refractivity contribution in [2.75, 3.05) is 20.8 Å². The van der Waals surface area contributed by atoms with Crippen molar-refractivity contribution in [2.24, 2.45) is 10.3 Å². The van der Waals surface area contributed by atoms with Gasteiger partial charge >= 0.3 is 0 Å². The molecule has 0 heterocycles. The van der Waals surface area contributed by atoms with E-state index in [1.54, 1.807) is 0 Å². The monoisotopic (exact) mass is 280 g/mol. The highest BCUT2D eigenvalue weighted by atomic mass is 17.2. The van der Waals surface area contributed by atoms with Crippen LogP contribution >= 0.6 is 0 Å². The minimum atomic E-state index is 0.178. The maximum Gasteiger partial charge on any atom is 0.142 e. The molecule has 0 aliphatic heterocycles. The van der Waals surface area contributed by atoms with Crippen LogP contribution in [-0.4, -0.2) is 32.2 Å². The van der Waals surface area contributed by atoms with E-state index < -0.39 is 0 Å². The molecule has 0 aromatic heterocycles. The molecule has 6 nitrogen and oxygen atoms in total. The summed E-state index contributed by atoms with van der Waals surface area (Å²) in [5, 5.41) is 7.87. The second kappa shape index (κ2) is 9.06. The molecule has 0 bridgehead atoms. The highest BCUT2D eigenvalue weighted by molar-refractivity contribution is 6.02.